The summed E-state index contributed by atoms with van der Waals surface area (Å²) in [6, 6.07) is 13.9. The molecule has 156 valence electrons. The van der Waals surface area contributed by atoms with Crippen LogP contribution in [0.3, 0.4) is 0 Å². The van der Waals surface area contributed by atoms with Crippen molar-refractivity contribution >= 4 is 17.6 Å². The SMILES string of the molecule is O=C(O)C[C@@H]1CCN(C(=O)c2cccc(F)c2)C[C@@H]1CC1=NCCc2ccccc21. The van der Waals surface area contributed by atoms with Gasteiger partial charge in [0.15, 0.2) is 0 Å². The summed E-state index contributed by atoms with van der Waals surface area (Å²) in [6.45, 7) is 1.66. The summed E-state index contributed by atoms with van der Waals surface area (Å²) < 4.78 is 13.6. The molecule has 1 N–H and O–H groups in total. The van der Waals surface area contributed by atoms with Crippen molar-refractivity contribution in [1.82, 2.24) is 4.90 Å². The molecule has 1 amide bonds. The molecule has 0 bridgehead atoms. The first kappa shape index (κ1) is 20.3. The van der Waals surface area contributed by atoms with Crippen LogP contribution in [-0.2, 0) is 11.2 Å². The molecule has 0 unspecified atom stereocenters. The van der Waals surface area contributed by atoms with E-state index in [4.69, 9.17) is 4.99 Å². The summed E-state index contributed by atoms with van der Waals surface area (Å²) in [5.41, 5.74) is 3.72. The summed E-state index contributed by atoms with van der Waals surface area (Å²) in [4.78, 5) is 30.8. The molecule has 6 heteroatoms. The highest BCUT2D eigenvalue weighted by atomic mass is 19.1. The van der Waals surface area contributed by atoms with E-state index in [0.717, 1.165) is 24.2 Å². The Hall–Kier alpha value is -3.02. The summed E-state index contributed by atoms with van der Waals surface area (Å²) >= 11 is 0. The normalized spacial score (nSPS) is 21.0. The minimum atomic E-state index is -0.819. The highest BCUT2D eigenvalue weighted by molar-refractivity contribution is 6.02. The zero-order valence-electron chi connectivity index (χ0n) is 16.8. The van der Waals surface area contributed by atoms with E-state index in [1.54, 1.807) is 11.0 Å². The molecule has 0 saturated carbocycles. The van der Waals surface area contributed by atoms with Crippen LogP contribution >= 0.6 is 0 Å². The fourth-order valence-electron chi connectivity index (χ4n) is 4.63. The molecule has 2 heterocycles. The van der Waals surface area contributed by atoms with Crippen molar-refractivity contribution in [3.05, 3.63) is 71.0 Å². The second kappa shape index (κ2) is 8.78. The summed E-state index contributed by atoms with van der Waals surface area (Å²) in [7, 11) is 0. The first-order valence-corrected chi connectivity index (χ1v) is 10.4. The van der Waals surface area contributed by atoms with Gasteiger partial charge in [-0.05, 0) is 60.4 Å². The minimum absolute atomic E-state index is 0.00253. The first-order valence-electron chi connectivity index (χ1n) is 10.4. The van der Waals surface area contributed by atoms with Crippen LogP contribution in [0.4, 0.5) is 4.39 Å². The van der Waals surface area contributed by atoms with E-state index in [1.807, 2.05) is 12.1 Å². The Morgan fingerprint density at radius 1 is 1.13 bits per heavy atom. The van der Waals surface area contributed by atoms with E-state index in [0.29, 0.717) is 31.5 Å². The van der Waals surface area contributed by atoms with Gasteiger partial charge in [-0.3, -0.25) is 14.6 Å². The number of hydrogen-bond acceptors (Lipinski definition) is 3. The van der Waals surface area contributed by atoms with Gasteiger partial charge in [0.1, 0.15) is 5.82 Å². The molecule has 2 aliphatic heterocycles. The molecule has 0 aliphatic carbocycles. The number of rotatable bonds is 5. The predicted octanol–water partition coefficient (Wildman–Crippen LogP) is 3.81. The summed E-state index contributed by atoms with van der Waals surface area (Å²) in [6.07, 6.45) is 2.25. The topological polar surface area (TPSA) is 70.0 Å². The van der Waals surface area contributed by atoms with Crippen molar-refractivity contribution in [1.29, 1.82) is 0 Å². The van der Waals surface area contributed by atoms with Gasteiger partial charge in [0.2, 0.25) is 0 Å². The molecule has 0 radical (unpaired) electrons. The largest absolute Gasteiger partial charge is 0.481 e. The third kappa shape index (κ3) is 4.42. The Labute approximate surface area is 175 Å². The maximum atomic E-state index is 13.6. The summed E-state index contributed by atoms with van der Waals surface area (Å²) in [5.74, 6) is -1.49. The van der Waals surface area contributed by atoms with Gasteiger partial charge in [-0.2, -0.15) is 0 Å². The fourth-order valence-corrected chi connectivity index (χ4v) is 4.63. The molecule has 2 aliphatic rings. The van der Waals surface area contributed by atoms with Crippen LogP contribution in [0.2, 0.25) is 0 Å². The van der Waals surface area contributed by atoms with E-state index < -0.39 is 11.8 Å². The molecule has 2 aromatic rings. The van der Waals surface area contributed by atoms with Gasteiger partial charge in [0.25, 0.3) is 5.91 Å². The smallest absolute Gasteiger partial charge is 0.303 e. The Morgan fingerprint density at radius 3 is 2.77 bits per heavy atom. The lowest BCUT2D eigenvalue weighted by Gasteiger charge is -2.39. The lowest BCUT2D eigenvalue weighted by atomic mass is 9.78. The lowest BCUT2D eigenvalue weighted by molar-refractivity contribution is -0.138. The van der Waals surface area contributed by atoms with E-state index in [2.05, 4.69) is 12.1 Å². The number of piperidine rings is 1. The predicted molar refractivity (Wildman–Crippen MR) is 112 cm³/mol. The average Bonchev–Trinajstić information content (AvgIpc) is 2.74. The average molecular weight is 408 g/mol. The van der Waals surface area contributed by atoms with Crippen LogP contribution < -0.4 is 0 Å². The minimum Gasteiger partial charge on any atom is -0.481 e. The van der Waals surface area contributed by atoms with E-state index in [9.17, 15) is 19.1 Å². The quantitative estimate of drug-likeness (QED) is 0.818. The van der Waals surface area contributed by atoms with Crippen molar-refractivity contribution in [2.24, 2.45) is 16.8 Å². The van der Waals surface area contributed by atoms with Crippen molar-refractivity contribution in [2.75, 3.05) is 19.6 Å². The fraction of sp³-hybridized carbons (Fsp3) is 0.375. The van der Waals surface area contributed by atoms with Crippen molar-refractivity contribution in [3.8, 4) is 0 Å². The molecular formula is C24H25FN2O3. The van der Waals surface area contributed by atoms with Gasteiger partial charge in [-0.15, -0.1) is 0 Å². The maximum Gasteiger partial charge on any atom is 0.303 e. The van der Waals surface area contributed by atoms with Gasteiger partial charge < -0.3 is 10.0 Å². The highest BCUT2D eigenvalue weighted by Gasteiger charge is 2.34. The molecular weight excluding hydrogens is 383 g/mol. The second-order valence-electron chi connectivity index (χ2n) is 8.11. The van der Waals surface area contributed by atoms with Crippen molar-refractivity contribution in [3.63, 3.8) is 0 Å². The van der Waals surface area contributed by atoms with Crippen LogP contribution in [-0.4, -0.2) is 47.2 Å². The number of carbonyl (C=O) groups excluding carboxylic acids is 1. The van der Waals surface area contributed by atoms with Crippen LogP contribution in [0.5, 0.6) is 0 Å². The summed E-state index contributed by atoms with van der Waals surface area (Å²) in [5, 5.41) is 9.38. The lowest BCUT2D eigenvalue weighted by Crippen LogP contribution is -2.45. The molecule has 30 heavy (non-hydrogen) atoms. The number of amides is 1. The van der Waals surface area contributed by atoms with Gasteiger partial charge >= 0.3 is 5.97 Å². The number of halogens is 1. The first-order chi connectivity index (χ1) is 14.5. The van der Waals surface area contributed by atoms with Crippen LogP contribution in [0.1, 0.15) is 40.7 Å². The molecule has 1 fully saturated rings. The van der Waals surface area contributed by atoms with Gasteiger partial charge in [-0.1, -0.05) is 30.3 Å². The number of hydrogen-bond donors (Lipinski definition) is 1. The van der Waals surface area contributed by atoms with Crippen molar-refractivity contribution in [2.45, 2.75) is 25.7 Å². The molecule has 5 nitrogen and oxygen atoms in total. The zero-order chi connectivity index (χ0) is 21.1. The molecule has 2 atom stereocenters. The maximum absolute atomic E-state index is 13.6. The van der Waals surface area contributed by atoms with Crippen LogP contribution in [0.15, 0.2) is 53.5 Å². The molecule has 2 aromatic carbocycles. The monoisotopic (exact) mass is 408 g/mol. The zero-order valence-corrected chi connectivity index (χ0v) is 16.8. The van der Waals surface area contributed by atoms with E-state index in [-0.39, 0.29) is 24.2 Å². The van der Waals surface area contributed by atoms with Crippen LogP contribution in [0.25, 0.3) is 0 Å². The van der Waals surface area contributed by atoms with Crippen LogP contribution in [0, 0.1) is 17.7 Å². The number of carboxylic acids is 1. The highest BCUT2D eigenvalue weighted by Crippen LogP contribution is 2.32. The number of benzene rings is 2. The van der Waals surface area contributed by atoms with Gasteiger partial charge in [-0.25, -0.2) is 4.39 Å². The Bertz CT molecular complexity index is 988. The number of carboxylic acid groups (broad SMARTS) is 1. The Morgan fingerprint density at radius 2 is 1.97 bits per heavy atom. The number of aliphatic imine (C=N–C) groups is 1. The molecule has 0 aromatic heterocycles. The van der Waals surface area contributed by atoms with Gasteiger partial charge in [0, 0.05) is 37.3 Å². The number of carbonyl (C=O) groups is 2. The second-order valence-corrected chi connectivity index (χ2v) is 8.11. The number of fused-ring (bicyclic) bond motifs is 1. The standard InChI is InChI=1S/C24H25FN2O3/c25-20-6-3-5-18(12-20)24(30)27-11-9-17(14-23(28)29)19(15-27)13-22-21-7-2-1-4-16(21)8-10-26-22/h1-7,12,17,19H,8-11,13-15H2,(H,28,29)/t17-,19-/m0/s1. The Balaban J connectivity index is 1.55. The number of likely N-dealkylation sites (tertiary alicyclic amines) is 1. The molecule has 4 rings (SSSR count). The van der Waals surface area contributed by atoms with Gasteiger partial charge in [0.05, 0.1) is 0 Å². The molecule has 1 saturated heterocycles. The third-order valence-corrected chi connectivity index (χ3v) is 6.15. The van der Waals surface area contributed by atoms with Crippen molar-refractivity contribution < 1.29 is 19.1 Å². The molecule has 0 spiro atoms. The Kier molecular flexibility index (Phi) is 5.93. The number of nitrogens with zero attached hydrogens (tertiary/aromatic N) is 2. The van der Waals surface area contributed by atoms with E-state index >= 15 is 0 Å². The number of aliphatic carboxylic acids is 1. The third-order valence-electron chi connectivity index (χ3n) is 6.15. The van der Waals surface area contributed by atoms with E-state index in [1.165, 1.54) is 23.8 Å².